The van der Waals surface area contributed by atoms with Gasteiger partial charge in [-0.1, -0.05) is 6.07 Å². The second kappa shape index (κ2) is 7.79. The van der Waals surface area contributed by atoms with Crippen LogP contribution in [0.3, 0.4) is 0 Å². The van der Waals surface area contributed by atoms with E-state index in [2.05, 4.69) is 15.3 Å². The molecule has 4 aromatic rings. The third-order valence-electron chi connectivity index (χ3n) is 4.30. The first-order valence-electron chi connectivity index (χ1n) is 8.83. The highest BCUT2D eigenvalue weighted by Crippen LogP contribution is 2.31. The highest BCUT2D eigenvalue weighted by atomic mass is 19.4. The Bertz CT molecular complexity index is 1320. The third kappa shape index (κ3) is 4.30. The van der Waals surface area contributed by atoms with E-state index in [1.54, 1.807) is 24.3 Å². The van der Waals surface area contributed by atoms with Gasteiger partial charge in [0.1, 0.15) is 23.8 Å². The SMILES string of the molecule is N#Cc1cc(Oc2ccc3c(ccn3C(=O)Nc3cccc(C(F)(F)F)c3)c2)ncn1. The van der Waals surface area contributed by atoms with Crippen LogP contribution >= 0.6 is 0 Å². The van der Waals surface area contributed by atoms with Crippen molar-refractivity contribution >= 4 is 22.6 Å². The van der Waals surface area contributed by atoms with Crippen molar-refractivity contribution < 1.29 is 22.7 Å². The number of ether oxygens (including phenoxy) is 1. The van der Waals surface area contributed by atoms with Crippen LogP contribution in [0.25, 0.3) is 10.9 Å². The van der Waals surface area contributed by atoms with E-state index in [1.165, 1.54) is 35.3 Å². The molecule has 2 heterocycles. The van der Waals surface area contributed by atoms with E-state index in [9.17, 15) is 18.0 Å². The van der Waals surface area contributed by atoms with E-state index in [-0.39, 0.29) is 17.3 Å². The first kappa shape index (κ1) is 19.9. The van der Waals surface area contributed by atoms with Gasteiger partial charge in [-0.2, -0.15) is 18.4 Å². The summed E-state index contributed by atoms with van der Waals surface area (Å²) in [6, 6.07) is 13.6. The number of hydrogen-bond acceptors (Lipinski definition) is 5. The quantitative estimate of drug-likeness (QED) is 0.489. The molecule has 4 rings (SSSR count). The Morgan fingerprint density at radius 3 is 2.71 bits per heavy atom. The maximum absolute atomic E-state index is 12.9. The molecule has 0 saturated heterocycles. The number of carbonyl (C=O) groups excluding carboxylic acids is 1. The molecule has 10 heteroatoms. The zero-order chi connectivity index (χ0) is 22.0. The molecular weight excluding hydrogens is 411 g/mol. The van der Waals surface area contributed by atoms with Crippen molar-refractivity contribution in [2.45, 2.75) is 6.18 Å². The minimum Gasteiger partial charge on any atom is -0.439 e. The molecule has 0 unspecified atom stereocenters. The summed E-state index contributed by atoms with van der Waals surface area (Å²) in [5.74, 6) is 0.610. The summed E-state index contributed by atoms with van der Waals surface area (Å²) in [6.07, 6.45) is -1.80. The molecule has 0 bridgehead atoms. The number of amides is 1. The fourth-order valence-electron chi connectivity index (χ4n) is 2.90. The van der Waals surface area contributed by atoms with Gasteiger partial charge in [0, 0.05) is 23.3 Å². The number of benzene rings is 2. The van der Waals surface area contributed by atoms with Gasteiger partial charge < -0.3 is 10.1 Å². The number of fused-ring (bicyclic) bond motifs is 1. The summed E-state index contributed by atoms with van der Waals surface area (Å²) in [5, 5.41) is 12.0. The van der Waals surface area contributed by atoms with Crippen molar-refractivity contribution in [2.75, 3.05) is 5.32 Å². The second-order valence-electron chi connectivity index (χ2n) is 6.37. The molecule has 0 aliphatic carbocycles. The second-order valence-corrected chi connectivity index (χ2v) is 6.37. The van der Waals surface area contributed by atoms with Crippen LogP contribution in [-0.2, 0) is 6.18 Å². The van der Waals surface area contributed by atoms with Crippen molar-refractivity contribution in [3.8, 4) is 17.7 Å². The molecule has 0 atom stereocenters. The van der Waals surface area contributed by atoms with E-state index in [4.69, 9.17) is 10.00 Å². The van der Waals surface area contributed by atoms with Crippen LogP contribution < -0.4 is 10.1 Å². The Labute approximate surface area is 173 Å². The van der Waals surface area contributed by atoms with Crippen LogP contribution in [0.4, 0.5) is 23.7 Å². The molecule has 1 N–H and O–H groups in total. The number of aromatic nitrogens is 3. The summed E-state index contributed by atoms with van der Waals surface area (Å²) in [4.78, 5) is 20.3. The molecule has 0 aliphatic rings. The summed E-state index contributed by atoms with van der Waals surface area (Å²) in [6.45, 7) is 0. The standard InChI is InChI=1S/C21H12F3N5O2/c22-21(23,24)14-2-1-3-15(9-14)28-20(30)29-7-6-13-8-17(4-5-18(13)29)31-19-10-16(11-25)26-12-27-19/h1-10,12H,(H,28,30). The van der Waals surface area contributed by atoms with Crippen LogP contribution in [0.1, 0.15) is 11.3 Å². The monoisotopic (exact) mass is 423 g/mol. The largest absolute Gasteiger partial charge is 0.439 e. The zero-order valence-electron chi connectivity index (χ0n) is 15.6. The van der Waals surface area contributed by atoms with Gasteiger partial charge in [0.2, 0.25) is 5.88 Å². The number of halogens is 3. The smallest absolute Gasteiger partial charge is 0.416 e. The number of anilines is 1. The zero-order valence-corrected chi connectivity index (χ0v) is 15.6. The van der Waals surface area contributed by atoms with Crippen molar-refractivity contribution in [1.82, 2.24) is 14.5 Å². The molecule has 154 valence electrons. The Hall–Kier alpha value is -4.39. The first-order chi connectivity index (χ1) is 14.8. The lowest BCUT2D eigenvalue weighted by molar-refractivity contribution is -0.137. The number of alkyl halides is 3. The summed E-state index contributed by atoms with van der Waals surface area (Å²) < 4.78 is 45.5. The molecule has 2 aromatic carbocycles. The van der Waals surface area contributed by atoms with E-state index < -0.39 is 17.8 Å². The van der Waals surface area contributed by atoms with Gasteiger partial charge in [0.15, 0.2) is 0 Å². The molecule has 1 amide bonds. The van der Waals surface area contributed by atoms with Gasteiger partial charge in [0.05, 0.1) is 11.1 Å². The molecule has 0 fully saturated rings. The molecule has 0 aliphatic heterocycles. The fraction of sp³-hybridized carbons (Fsp3) is 0.0476. The molecule has 0 saturated carbocycles. The average Bonchev–Trinajstić information content (AvgIpc) is 3.17. The molecular formula is C21H12F3N5O2. The number of nitriles is 1. The number of carbonyl (C=O) groups is 1. The molecule has 0 radical (unpaired) electrons. The lowest BCUT2D eigenvalue weighted by Crippen LogP contribution is -2.18. The lowest BCUT2D eigenvalue weighted by atomic mass is 10.2. The normalized spacial score (nSPS) is 11.2. The van der Waals surface area contributed by atoms with E-state index in [0.29, 0.717) is 16.7 Å². The topological polar surface area (TPSA) is 92.8 Å². The summed E-state index contributed by atoms with van der Waals surface area (Å²) in [7, 11) is 0. The maximum Gasteiger partial charge on any atom is 0.416 e. The Kier molecular flexibility index (Phi) is 5.00. The highest BCUT2D eigenvalue weighted by Gasteiger charge is 2.30. The van der Waals surface area contributed by atoms with Gasteiger partial charge in [0.25, 0.3) is 0 Å². The predicted molar refractivity (Wildman–Crippen MR) is 105 cm³/mol. The van der Waals surface area contributed by atoms with E-state index >= 15 is 0 Å². The number of nitrogens with one attached hydrogen (secondary N) is 1. The van der Waals surface area contributed by atoms with Gasteiger partial charge in [-0.3, -0.25) is 4.57 Å². The van der Waals surface area contributed by atoms with Gasteiger partial charge in [-0.05, 0) is 42.5 Å². The number of hydrogen-bond donors (Lipinski definition) is 1. The third-order valence-corrected chi connectivity index (χ3v) is 4.30. The number of nitrogens with zero attached hydrogens (tertiary/aromatic N) is 4. The minimum atomic E-state index is -4.50. The predicted octanol–water partition coefficient (Wildman–Crippen LogP) is 5.19. The van der Waals surface area contributed by atoms with E-state index in [0.717, 1.165) is 12.1 Å². The average molecular weight is 423 g/mol. The van der Waals surface area contributed by atoms with Crippen molar-refractivity contribution in [2.24, 2.45) is 0 Å². The molecule has 2 aromatic heterocycles. The van der Waals surface area contributed by atoms with Crippen LogP contribution in [0, 0.1) is 11.3 Å². The van der Waals surface area contributed by atoms with Crippen molar-refractivity contribution in [3.63, 3.8) is 0 Å². The molecule has 0 spiro atoms. The minimum absolute atomic E-state index is 0.0266. The van der Waals surface area contributed by atoms with Gasteiger partial charge >= 0.3 is 12.2 Å². The van der Waals surface area contributed by atoms with Crippen molar-refractivity contribution in [1.29, 1.82) is 5.26 Å². The summed E-state index contributed by atoms with van der Waals surface area (Å²) in [5.41, 5.74) is -0.145. The van der Waals surface area contributed by atoms with Gasteiger partial charge in [-0.25, -0.2) is 14.8 Å². The Balaban J connectivity index is 1.55. The molecule has 31 heavy (non-hydrogen) atoms. The highest BCUT2D eigenvalue weighted by molar-refractivity contribution is 5.98. The number of rotatable bonds is 3. The maximum atomic E-state index is 12.9. The Morgan fingerprint density at radius 1 is 1.10 bits per heavy atom. The summed E-state index contributed by atoms with van der Waals surface area (Å²) >= 11 is 0. The fourth-order valence-corrected chi connectivity index (χ4v) is 2.90. The van der Waals surface area contributed by atoms with Crippen LogP contribution in [0.15, 0.2) is 67.1 Å². The Morgan fingerprint density at radius 2 is 1.94 bits per heavy atom. The van der Waals surface area contributed by atoms with Crippen LogP contribution in [0.2, 0.25) is 0 Å². The first-order valence-corrected chi connectivity index (χ1v) is 8.83. The van der Waals surface area contributed by atoms with E-state index in [1.807, 2.05) is 6.07 Å². The van der Waals surface area contributed by atoms with Gasteiger partial charge in [-0.15, -0.1) is 0 Å². The molecule has 7 nitrogen and oxygen atoms in total. The van der Waals surface area contributed by atoms with Crippen LogP contribution in [-0.4, -0.2) is 20.6 Å². The van der Waals surface area contributed by atoms with Crippen molar-refractivity contribution in [3.05, 3.63) is 78.4 Å². The lowest BCUT2D eigenvalue weighted by Gasteiger charge is -2.11. The van der Waals surface area contributed by atoms with Crippen LogP contribution in [0.5, 0.6) is 11.6 Å².